The summed E-state index contributed by atoms with van der Waals surface area (Å²) < 4.78 is 0. The summed E-state index contributed by atoms with van der Waals surface area (Å²) in [5.41, 5.74) is 0. The van der Waals surface area contributed by atoms with Crippen LogP contribution in [-0.4, -0.2) is 0 Å². The van der Waals surface area contributed by atoms with Crippen LogP contribution in [0.4, 0.5) is 0 Å². The summed E-state index contributed by atoms with van der Waals surface area (Å²) in [6.07, 6.45) is 0. The van der Waals surface area contributed by atoms with Gasteiger partial charge in [-0.15, -0.1) is 5.30 Å². The molecule has 1 saturated carbocycles. The molecule has 3 aromatic carbocycles. The van der Waals surface area contributed by atoms with E-state index >= 15 is 0 Å². The van der Waals surface area contributed by atoms with E-state index in [1.54, 1.807) is 0 Å². The predicted octanol–water partition coefficient (Wildman–Crippen LogP) is 7.80. The van der Waals surface area contributed by atoms with E-state index in [1.165, 1.54) is 15.9 Å². The maximum Gasteiger partial charge on any atom is -0.0171 e. The van der Waals surface area contributed by atoms with Crippen molar-refractivity contribution in [3.05, 3.63) is 91.0 Å². The minimum Gasteiger partial charge on any atom is -0.176 e. The van der Waals surface area contributed by atoms with Crippen LogP contribution in [-0.2, 0) is 17.0 Å². The quantitative estimate of drug-likeness (QED) is 0.188. The first-order valence-corrected chi connectivity index (χ1v) is 16.9. The summed E-state index contributed by atoms with van der Waals surface area (Å²) >= 11 is -0.556. The first-order valence-electron chi connectivity index (χ1n) is 11.3. The van der Waals surface area contributed by atoms with E-state index in [-0.39, 0.29) is 0 Å². The molecule has 0 atom stereocenters. The summed E-state index contributed by atoms with van der Waals surface area (Å²) in [6, 6.07) is 33.1. The predicted molar refractivity (Wildman–Crippen MR) is 142 cm³/mol. The van der Waals surface area contributed by atoms with Gasteiger partial charge in [0.05, 0.1) is 0 Å². The molecule has 170 valence electrons. The number of hydrogen-bond donors (Lipinski definition) is 0. The molecule has 0 bridgehead atoms. The van der Waals surface area contributed by atoms with Crippen LogP contribution >= 0.6 is 26.5 Å². The Bertz CT molecular complexity index is 737. The van der Waals surface area contributed by atoms with E-state index in [2.05, 4.69) is 113 Å². The van der Waals surface area contributed by atoms with Crippen molar-refractivity contribution in [3.8, 4) is 0 Å². The molecule has 0 nitrogen and oxygen atoms in total. The van der Waals surface area contributed by atoms with Crippen molar-refractivity contribution in [2.45, 2.75) is 34.6 Å². The SMILES string of the molecule is CC1C(C)C(C)C(C)C1C.[Cl][Ti][Cl].[c-]1ccccc1P(c1ccccc1)c1ccccc1. The Morgan fingerprint density at radius 1 is 0.594 bits per heavy atom. The van der Waals surface area contributed by atoms with Crippen LogP contribution < -0.4 is 15.9 Å². The average Bonchev–Trinajstić information content (AvgIpc) is 3.00. The van der Waals surface area contributed by atoms with Gasteiger partial charge in [-0.2, -0.15) is 30.3 Å². The van der Waals surface area contributed by atoms with E-state index in [4.69, 9.17) is 18.6 Å². The Labute approximate surface area is 213 Å². The molecule has 32 heavy (non-hydrogen) atoms. The van der Waals surface area contributed by atoms with Crippen molar-refractivity contribution in [2.75, 3.05) is 0 Å². The van der Waals surface area contributed by atoms with Gasteiger partial charge in [-0.05, 0) is 48.1 Å². The smallest absolute Gasteiger partial charge is 0.0171 e. The summed E-state index contributed by atoms with van der Waals surface area (Å²) in [5.74, 6) is 4.68. The molecule has 0 N–H and O–H groups in total. The summed E-state index contributed by atoms with van der Waals surface area (Å²) in [7, 11) is 9.28. The monoisotopic (exact) mass is 519 g/mol. The van der Waals surface area contributed by atoms with Gasteiger partial charge in [0, 0.05) is 0 Å². The minimum absolute atomic E-state index is 0.502. The van der Waals surface area contributed by atoms with Gasteiger partial charge < -0.3 is 0 Å². The van der Waals surface area contributed by atoms with Crippen LogP contribution in [0, 0.1) is 35.7 Å². The minimum atomic E-state index is -0.556. The van der Waals surface area contributed by atoms with Crippen molar-refractivity contribution < 1.29 is 17.0 Å². The van der Waals surface area contributed by atoms with Crippen LogP contribution in [0.1, 0.15) is 34.6 Å². The van der Waals surface area contributed by atoms with Crippen molar-refractivity contribution in [3.63, 3.8) is 0 Å². The van der Waals surface area contributed by atoms with E-state index < -0.39 is 25.0 Å². The number of halogens is 2. The fourth-order valence-corrected chi connectivity index (χ4v) is 6.73. The molecule has 0 aliphatic heterocycles. The van der Waals surface area contributed by atoms with Crippen LogP contribution in [0.2, 0.25) is 0 Å². The Morgan fingerprint density at radius 2 is 0.938 bits per heavy atom. The van der Waals surface area contributed by atoms with Crippen LogP contribution in [0.25, 0.3) is 0 Å². The third-order valence-electron chi connectivity index (χ3n) is 7.11. The average molecular weight is 520 g/mol. The molecular weight excluding hydrogens is 486 g/mol. The van der Waals surface area contributed by atoms with Crippen molar-refractivity contribution in [1.82, 2.24) is 0 Å². The fraction of sp³-hybridized carbons (Fsp3) is 0.357. The van der Waals surface area contributed by atoms with Gasteiger partial charge in [0.2, 0.25) is 0 Å². The van der Waals surface area contributed by atoms with Crippen LogP contribution in [0.3, 0.4) is 0 Å². The fourth-order valence-electron chi connectivity index (χ4n) is 4.50. The van der Waals surface area contributed by atoms with Gasteiger partial charge in [0.25, 0.3) is 0 Å². The maximum absolute atomic E-state index is 4.89. The van der Waals surface area contributed by atoms with Gasteiger partial charge in [-0.25, -0.2) is 0 Å². The van der Waals surface area contributed by atoms with E-state index in [0.717, 1.165) is 29.6 Å². The molecular formula is C28H34Cl2PTi-. The van der Waals surface area contributed by atoms with Crippen LogP contribution in [0.5, 0.6) is 0 Å². The number of rotatable bonds is 3. The van der Waals surface area contributed by atoms with Crippen molar-refractivity contribution >= 4 is 42.4 Å². The molecule has 4 rings (SSSR count). The molecule has 0 radical (unpaired) electrons. The Balaban J connectivity index is 0.000000235. The second-order valence-electron chi connectivity index (χ2n) is 8.62. The molecule has 0 unspecified atom stereocenters. The topological polar surface area (TPSA) is 0 Å². The molecule has 0 saturated heterocycles. The van der Waals surface area contributed by atoms with Crippen molar-refractivity contribution in [1.29, 1.82) is 0 Å². The zero-order chi connectivity index (χ0) is 23.5. The van der Waals surface area contributed by atoms with Crippen LogP contribution in [0.15, 0.2) is 84.9 Å². The molecule has 3 aromatic rings. The summed E-state index contributed by atoms with van der Waals surface area (Å²) in [4.78, 5) is 0. The number of hydrogen-bond acceptors (Lipinski definition) is 0. The van der Waals surface area contributed by atoms with E-state index in [9.17, 15) is 0 Å². The molecule has 0 spiro atoms. The molecule has 0 amide bonds. The first-order chi connectivity index (χ1) is 15.4. The van der Waals surface area contributed by atoms with E-state index in [0.29, 0.717) is 0 Å². The molecule has 4 heteroatoms. The largest absolute Gasteiger partial charge is 0.176 e. The molecule has 1 aliphatic rings. The summed E-state index contributed by atoms with van der Waals surface area (Å²) in [6.45, 7) is 12.0. The first kappa shape index (κ1) is 27.6. The Kier molecular flexibility index (Phi) is 12.6. The third-order valence-corrected chi connectivity index (χ3v) is 9.50. The molecule has 0 heterocycles. The third kappa shape index (κ3) is 7.72. The second-order valence-corrected chi connectivity index (χ2v) is 13.4. The molecule has 1 aliphatic carbocycles. The van der Waals surface area contributed by atoms with Gasteiger partial charge in [-0.1, -0.05) is 95.3 Å². The van der Waals surface area contributed by atoms with Gasteiger partial charge in [0.1, 0.15) is 0 Å². The van der Waals surface area contributed by atoms with Crippen molar-refractivity contribution in [2.24, 2.45) is 29.6 Å². The molecule has 0 aromatic heterocycles. The number of benzene rings is 3. The normalized spacial score (nSPS) is 24.1. The second kappa shape index (κ2) is 14.6. The Morgan fingerprint density at radius 3 is 1.25 bits per heavy atom. The zero-order valence-electron chi connectivity index (χ0n) is 19.7. The summed E-state index contributed by atoms with van der Waals surface area (Å²) in [5, 5.41) is 4.01. The maximum atomic E-state index is 4.89. The molecule has 1 fully saturated rings. The standard InChI is InChI=1S/C18H14P.C10H20.2ClH.Ti/c1-4-10-16(11-5-1)19(17-12-6-2-7-13-17)18-14-8-3-9-15-18;1-6-7(2)9(4)10(5)8(6)3;;;/h1-14H;6-10H,1-5H3;2*1H;/q-1;;;;+2/p-2. The Hall–Kier alpha value is -0.616. The van der Waals surface area contributed by atoms with E-state index in [1.807, 2.05) is 12.1 Å². The zero-order valence-corrected chi connectivity index (χ0v) is 23.6. The van der Waals surface area contributed by atoms with Gasteiger partial charge >= 0.3 is 35.6 Å². The van der Waals surface area contributed by atoms with Gasteiger partial charge in [-0.3, -0.25) is 0 Å². The van der Waals surface area contributed by atoms with Gasteiger partial charge in [0.15, 0.2) is 0 Å².